The van der Waals surface area contributed by atoms with Crippen molar-refractivity contribution >= 4 is 65.1 Å². The van der Waals surface area contributed by atoms with E-state index in [1.54, 1.807) is 54.9 Å². The number of nitrogens with one attached hydrogen (secondary N) is 3. The molecule has 1 fully saturated rings. The summed E-state index contributed by atoms with van der Waals surface area (Å²) >= 11 is 2.35. The standard InChI is InChI=1S/C39H43N9O11S2/c1-39(2,38(56)57)59-45-30(22-9-7-12-29(41)60-20-22)34(52)44-31-35(53)48-32(37(54)55)23(21-61-36(31)48)10-8-16-46-15-6-3-11-24(40)25(18-46)42-13-4-5-14-43-33(51)26-17-27(49)28(50)19-47(26)58/h3,6-12,15,17-20,31,36,40,42,58H,4-5,13-14,16,21,41H2,1-2H3,(H5,43,44,50,51,52,54,55,56,57)/p+1/b10-8+,11-3+,15-6+,25-18?,45-30-/t31-,36?/m1/s1. The number of aromatic nitrogens is 1. The Bertz CT molecular complexity index is 2370. The Hall–Kier alpha value is -6.94. The lowest BCUT2D eigenvalue weighted by Gasteiger charge is -2.49. The first-order chi connectivity index (χ1) is 29.0. The lowest BCUT2D eigenvalue weighted by atomic mass is 10.0. The Morgan fingerprint density at radius 3 is 2.59 bits per heavy atom. The highest BCUT2D eigenvalue weighted by Gasteiger charge is 2.54. The number of fused-ring (bicyclic) bond motifs is 1. The summed E-state index contributed by atoms with van der Waals surface area (Å²) in [6, 6.07) is -0.291. The zero-order valence-electron chi connectivity index (χ0n) is 32.8. The van der Waals surface area contributed by atoms with Crippen molar-refractivity contribution in [1.29, 1.82) is 0 Å². The second-order valence-electron chi connectivity index (χ2n) is 13.9. The number of nitrogens with zero attached hydrogens (tertiary/aromatic N) is 4. The van der Waals surface area contributed by atoms with Crippen LogP contribution in [0, 0.1) is 0 Å². The molecule has 0 radical (unpaired) electrons. The molecule has 1 aromatic heterocycles. The number of hydrogen-bond donors (Lipinski definition) is 9. The zero-order valence-corrected chi connectivity index (χ0v) is 34.4. The van der Waals surface area contributed by atoms with Crippen molar-refractivity contribution in [2.24, 2.45) is 16.6 Å². The van der Waals surface area contributed by atoms with Crippen LogP contribution >= 0.6 is 23.5 Å². The monoisotopic (exact) mass is 878 g/mol. The SMILES string of the molecule is CC(C)(O/N=C(\C(=O)N[C@@H]1C(=O)N2C(C(=O)O)=C(/C=C/C[N+]3=C/C(NCCCCNC(=O)c4cc(=O)c(O)cn4O)=C(N)\C=C\C=C\3)CSC12)C1=CSC(N)=CC=C1)C(=O)O. The van der Waals surface area contributed by atoms with Gasteiger partial charge in [0.05, 0.1) is 16.9 Å². The fourth-order valence-corrected chi connectivity index (χ4v) is 7.64. The lowest BCUT2D eigenvalue weighted by molar-refractivity contribution is -0.439. The molecule has 1 aromatic rings. The largest absolute Gasteiger partial charge is 0.503 e. The van der Waals surface area contributed by atoms with E-state index in [1.165, 1.54) is 37.1 Å². The van der Waals surface area contributed by atoms with Crippen LogP contribution in [0.15, 0.2) is 116 Å². The van der Waals surface area contributed by atoms with Crippen molar-refractivity contribution in [3.8, 4) is 5.75 Å². The number of carbonyl (C=O) groups excluding carboxylic acids is 3. The van der Waals surface area contributed by atoms with Gasteiger partial charge in [0.25, 0.3) is 17.7 Å². The number of rotatable bonds is 17. The Kier molecular flexibility index (Phi) is 14.7. The highest BCUT2D eigenvalue weighted by molar-refractivity contribution is 8.05. The summed E-state index contributed by atoms with van der Waals surface area (Å²) in [7, 11) is 0. The minimum absolute atomic E-state index is 0.197. The van der Waals surface area contributed by atoms with Crippen LogP contribution in [-0.2, 0) is 24.0 Å². The number of carbonyl (C=O) groups is 5. The first-order valence-corrected chi connectivity index (χ1v) is 20.4. The molecule has 22 heteroatoms. The number of oxime groups is 1. The third-order valence-electron chi connectivity index (χ3n) is 9.07. The van der Waals surface area contributed by atoms with E-state index in [1.807, 2.05) is 4.58 Å². The maximum absolute atomic E-state index is 13.6. The van der Waals surface area contributed by atoms with Gasteiger partial charge < -0.3 is 52.8 Å². The van der Waals surface area contributed by atoms with E-state index < -0.39 is 57.9 Å². The maximum Gasteiger partial charge on any atom is 0.352 e. The quantitative estimate of drug-likeness (QED) is 0.0260. The third-order valence-corrected chi connectivity index (χ3v) is 11.2. The molecule has 0 spiro atoms. The van der Waals surface area contributed by atoms with Gasteiger partial charge in [0.2, 0.25) is 11.0 Å². The number of carboxylic acids is 2. The summed E-state index contributed by atoms with van der Waals surface area (Å²) in [5, 5.41) is 52.5. The average Bonchev–Trinajstić information content (AvgIpc) is 3.42. The normalized spacial score (nSPS) is 22.3. The molecule has 0 aromatic carbocycles. The van der Waals surface area contributed by atoms with Crippen LogP contribution < -0.4 is 32.8 Å². The maximum atomic E-state index is 13.6. The average molecular weight is 879 g/mol. The highest BCUT2D eigenvalue weighted by atomic mass is 32.2. The molecule has 2 atom stereocenters. The van der Waals surface area contributed by atoms with Gasteiger partial charge in [-0.2, -0.15) is 9.31 Å². The van der Waals surface area contributed by atoms with Crippen molar-refractivity contribution in [3.05, 3.63) is 122 Å². The molecule has 322 valence electrons. The van der Waals surface area contributed by atoms with Gasteiger partial charge in [-0.25, -0.2) is 9.59 Å². The number of aliphatic carboxylic acids is 2. The summed E-state index contributed by atoms with van der Waals surface area (Å²) in [4.78, 5) is 81.6. The minimum atomic E-state index is -1.79. The van der Waals surface area contributed by atoms with Crippen molar-refractivity contribution < 1.29 is 53.9 Å². The van der Waals surface area contributed by atoms with Gasteiger partial charge >= 0.3 is 11.9 Å². The molecule has 1 unspecified atom stereocenters. The number of β-lactam (4-membered cyclic amide) rings is 1. The van der Waals surface area contributed by atoms with Crippen molar-refractivity contribution in [3.63, 3.8) is 0 Å². The Morgan fingerprint density at radius 2 is 1.85 bits per heavy atom. The summed E-state index contributed by atoms with van der Waals surface area (Å²) < 4.78 is 2.18. The van der Waals surface area contributed by atoms with E-state index in [0.29, 0.717) is 46.1 Å². The fourth-order valence-electron chi connectivity index (χ4n) is 5.72. The van der Waals surface area contributed by atoms with E-state index in [2.05, 4.69) is 21.1 Å². The van der Waals surface area contributed by atoms with Crippen LogP contribution in [0.25, 0.3) is 0 Å². The smallest absolute Gasteiger partial charge is 0.352 e. The van der Waals surface area contributed by atoms with Crippen LogP contribution in [0.5, 0.6) is 5.75 Å². The molecule has 4 aliphatic heterocycles. The van der Waals surface area contributed by atoms with Crippen LogP contribution in [0.1, 0.15) is 37.2 Å². The number of aromatic hydroxyl groups is 1. The first kappa shape index (κ1) is 45.1. The van der Waals surface area contributed by atoms with Gasteiger partial charge in [0.15, 0.2) is 30.4 Å². The molecule has 5 rings (SSSR count). The molecular weight excluding hydrogens is 835 g/mol. The zero-order chi connectivity index (χ0) is 44.4. The molecule has 0 aliphatic carbocycles. The summed E-state index contributed by atoms with van der Waals surface area (Å²) in [5.41, 5.74) is 10.4. The number of allylic oxidation sites excluding steroid dienone is 8. The molecule has 11 N–H and O–H groups in total. The van der Waals surface area contributed by atoms with Gasteiger partial charge in [-0.05, 0) is 55.9 Å². The van der Waals surface area contributed by atoms with Gasteiger partial charge in [-0.1, -0.05) is 41.2 Å². The predicted octanol–water partition coefficient (Wildman–Crippen LogP) is 0.746. The first-order valence-electron chi connectivity index (χ1n) is 18.5. The number of unbranched alkanes of at least 4 members (excludes halogenated alkanes) is 1. The Morgan fingerprint density at radius 1 is 1.10 bits per heavy atom. The summed E-state index contributed by atoms with van der Waals surface area (Å²) in [6.07, 6.45) is 18.7. The van der Waals surface area contributed by atoms with Crippen molar-refractivity contribution in [2.45, 2.75) is 43.7 Å². The van der Waals surface area contributed by atoms with Gasteiger partial charge in [-0.3, -0.25) is 24.1 Å². The molecule has 4 aliphatic rings. The van der Waals surface area contributed by atoms with E-state index in [-0.39, 0.29) is 41.5 Å². The summed E-state index contributed by atoms with van der Waals surface area (Å²) in [6.45, 7) is 3.50. The van der Waals surface area contributed by atoms with Gasteiger partial charge in [-0.15, -0.1) is 11.8 Å². The molecule has 0 bridgehead atoms. The molecule has 20 nitrogen and oxygen atoms in total. The van der Waals surface area contributed by atoms with Crippen molar-refractivity contribution in [1.82, 2.24) is 25.6 Å². The van der Waals surface area contributed by atoms with E-state index >= 15 is 0 Å². The molecule has 5 heterocycles. The van der Waals surface area contributed by atoms with Gasteiger partial charge in [0, 0.05) is 36.6 Å². The second kappa shape index (κ2) is 19.9. The van der Waals surface area contributed by atoms with E-state index in [9.17, 15) is 49.3 Å². The molecule has 61 heavy (non-hydrogen) atoms. The lowest BCUT2D eigenvalue weighted by Crippen LogP contribution is -2.71. The van der Waals surface area contributed by atoms with Crippen LogP contribution in [0.4, 0.5) is 0 Å². The molecular formula is C39H44N9O11S2+. The van der Waals surface area contributed by atoms with Crippen LogP contribution in [0.2, 0.25) is 0 Å². The Labute approximate surface area is 356 Å². The molecule has 1 saturated heterocycles. The number of thioether (sulfide) groups is 2. The number of nitrogens with two attached hydrogens (primary N) is 2. The number of amides is 3. The topological polar surface area (TPSA) is 304 Å². The van der Waals surface area contributed by atoms with E-state index in [4.69, 9.17) is 16.3 Å². The predicted molar refractivity (Wildman–Crippen MR) is 226 cm³/mol. The van der Waals surface area contributed by atoms with Gasteiger partial charge in [0.1, 0.15) is 28.5 Å². The fraction of sp³-hybridized carbons (Fsp3) is 0.282. The molecule has 3 amide bonds. The highest BCUT2D eigenvalue weighted by Crippen LogP contribution is 2.40. The second-order valence-corrected chi connectivity index (χ2v) is 16.0. The minimum Gasteiger partial charge on any atom is -0.503 e. The molecule has 0 saturated carbocycles. The third kappa shape index (κ3) is 11.2. The van der Waals surface area contributed by atoms with Crippen LogP contribution in [0.3, 0.4) is 0 Å². The Balaban J connectivity index is 1.20. The van der Waals surface area contributed by atoms with Crippen molar-refractivity contribution in [2.75, 3.05) is 25.4 Å². The van der Waals surface area contributed by atoms with E-state index in [0.717, 1.165) is 28.9 Å². The number of hydrogen-bond acceptors (Lipinski definition) is 15. The number of carboxylic acid groups (broad SMARTS) is 2. The number of pyridine rings is 1. The van der Waals surface area contributed by atoms with Crippen LogP contribution in [-0.4, -0.2) is 119 Å². The summed E-state index contributed by atoms with van der Waals surface area (Å²) in [5.74, 6) is -5.35.